The van der Waals surface area contributed by atoms with Gasteiger partial charge in [0.25, 0.3) is 0 Å². The first-order valence-corrected chi connectivity index (χ1v) is 9.39. The van der Waals surface area contributed by atoms with E-state index >= 15 is 0 Å². The normalized spacial score (nSPS) is 16.8. The Hall–Kier alpha value is -2.29. The predicted octanol–water partition coefficient (Wildman–Crippen LogP) is 1.58. The number of thioether (sulfide) groups is 1. The van der Waals surface area contributed by atoms with Gasteiger partial charge in [-0.15, -0.1) is 5.10 Å². The van der Waals surface area contributed by atoms with Crippen molar-refractivity contribution in [1.82, 2.24) is 25.5 Å². The van der Waals surface area contributed by atoms with E-state index in [-0.39, 0.29) is 5.91 Å². The number of hydrogen-bond donors (Lipinski definition) is 1. The Labute approximate surface area is 149 Å². The largest absolute Gasteiger partial charge is 0.486 e. The van der Waals surface area contributed by atoms with Gasteiger partial charge in [0, 0.05) is 12.1 Å². The van der Waals surface area contributed by atoms with Crippen molar-refractivity contribution in [2.45, 2.75) is 36.9 Å². The Morgan fingerprint density at radius 2 is 2.04 bits per heavy atom. The molecule has 1 aromatic heterocycles. The fourth-order valence-corrected chi connectivity index (χ4v) is 3.77. The van der Waals surface area contributed by atoms with Gasteiger partial charge in [0.05, 0.1) is 11.4 Å². The topological polar surface area (TPSA) is 91.2 Å². The number of fused-ring (bicyclic) bond motifs is 1. The molecule has 9 heteroatoms. The molecule has 0 bridgehead atoms. The lowest BCUT2D eigenvalue weighted by molar-refractivity contribution is -0.119. The number of aromatic nitrogens is 4. The number of nitrogens with one attached hydrogen (secondary N) is 1. The molecule has 25 heavy (non-hydrogen) atoms. The maximum Gasteiger partial charge on any atom is 0.230 e. The molecule has 1 aliphatic carbocycles. The van der Waals surface area contributed by atoms with Gasteiger partial charge in [-0.2, -0.15) is 4.68 Å². The van der Waals surface area contributed by atoms with Crippen molar-refractivity contribution in [3.63, 3.8) is 0 Å². The van der Waals surface area contributed by atoms with Gasteiger partial charge in [-0.3, -0.25) is 4.79 Å². The highest BCUT2D eigenvalue weighted by Gasteiger charge is 2.19. The monoisotopic (exact) mass is 361 g/mol. The van der Waals surface area contributed by atoms with Crippen LogP contribution in [0.1, 0.15) is 25.7 Å². The Morgan fingerprint density at radius 1 is 1.24 bits per heavy atom. The Balaban J connectivity index is 1.42. The molecular formula is C16H19N5O3S. The lowest BCUT2D eigenvalue weighted by Crippen LogP contribution is -2.33. The lowest BCUT2D eigenvalue weighted by atomic mass is 10.2. The first-order valence-electron chi connectivity index (χ1n) is 8.40. The van der Waals surface area contributed by atoms with Crippen LogP contribution in [0.25, 0.3) is 5.69 Å². The Morgan fingerprint density at radius 3 is 2.88 bits per heavy atom. The van der Waals surface area contributed by atoms with Gasteiger partial charge in [0.15, 0.2) is 11.5 Å². The number of rotatable bonds is 5. The minimum atomic E-state index is 0.0219. The number of hydrogen-bond acceptors (Lipinski definition) is 7. The molecule has 4 rings (SSSR count). The van der Waals surface area contributed by atoms with Crippen LogP contribution in [-0.2, 0) is 4.79 Å². The zero-order chi connectivity index (χ0) is 17.1. The van der Waals surface area contributed by atoms with E-state index in [1.165, 1.54) is 24.6 Å². The summed E-state index contributed by atoms with van der Waals surface area (Å²) >= 11 is 1.32. The molecule has 1 aliphatic heterocycles. The first-order chi connectivity index (χ1) is 12.3. The van der Waals surface area contributed by atoms with E-state index < -0.39 is 0 Å². The summed E-state index contributed by atoms with van der Waals surface area (Å²) in [6.07, 6.45) is 4.54. The SMILES string of the molecule is O=C(CSc1nnnn1-c1ccc2c(c1)OCCO2)NC1CCCC1. The molecule has 1 amide bonds. The van der Waals surface area contributed by atoms with Gasteiger partial charge < -0.3 is 14.8 Å². The van der Waals surface area contributed by atoms with Gasteiger partial charge in [-0.1, -0.05) is 24.6 Å². The Kier molecular flexibility index (Phi) is 4.73. The van der Waals surface area contributed by atoms with Gasteiger partial charge in [0.1, 0.15) is 13.2 Å². The van der Waals surface area contributed by atoms with Crippen LogP contribution < -0.4 is 14.8 Å². The number of tetrazole rings is 1. The van der Waals surface area contributed by atoms with E-state index in [9.17, 15) is 4.79 Å². The molecule has 8 nitrogen and oxygen atoms in total. The summed E-state index contributed by atoms with van der Waals surface area (Å²) in [6.45, 7) is 1.07. The molecule has 0 spiro atoms. The average Bonchev–Trinajstić information content (AvgIpc) is 3.31. The fourth-order valence-electron chi connectivity index (χ4n) is 3.06. The summed E-state index contributed by atoms with van der Waals surface area (Å²) in [5.74, 6) is 1.71. The van der Waals surface area contributed by atoms with E-state index in [0.29, 0.717) is 41.7 Å². The third kappa shape index (κ3) is 3.71. The van der Waals surface area contributed by atoms with Crippen molar-refractivity contribution in [3.05, 3.63) is 18.2 Å². The number of nitrogens with zero attached hydrogens (tertiary/aromatic N) is 4. The van der Waals surface area contributed by atoms with Crippen LogP contribution in [0.2, 0.25) is 0 Å². The molecule has 0 radical (unpaired) electrons. The third-order valence-electron chi connectivity index (χ3n) is 4.26. The highest BCUT2D eigenvalue weighted by molar-refractivity contribution is 7.99. The lowest BCUT2D eigenvalue weighted by Gasteiger charge is -2.18. The van der Waals surface area contributed by atoms with Crippen molar-refractivity contribution in [1.29, 1.82) is 0 Å². The van der Waals surface area contributed by atoms with Gasteiger partial charge in [-0.25, -0.2) is 0 Å². The van der Waals surface area contributed by atoms with E-state index in [1.54, 1.807) is 4.68 Å². The number of carbonyl (C=O) groups is 1. The highest BCUT2D eigenvalue weighted by atomic mass is 32.2. The second-order valence-corrected chi connectivity index (χ2v) is 6.98. The Bertz CT molecular complexity index is 760. The van der Waals surface area contributed by atoms with Gasteiger partial charge in [-0.05, 0) is 35.4 Å². The fraction of sp³-hybridized carbons (Fsp3) is 0.500. The molecule has 1 aromatic carbocycles. The van der Waals surface area contributed by atoms with E-state index in [2.05, 4.69) is 20.8 Å². The summed E-state index contributed by atoms with van der Waals surface area (Å²) in [7, 11) is 0. The average molecular weight is 361 g/mol. The van der Waals surface area contributed by atoms with Crippen LogP contribution in [-0.4, -0.2) is 51.1 Å². The predicted molar refractivity (Wildman–Crippen MR) is 91.3 cm³/mol. The molecule has 132 valence electrons. The van der Waals surface area contributed by atoms with Crippen LogP contribution in [0.4, 0.5) is 0 Å². The van der Waals surface area contributed by atoms with Crippen LogP contribution in [0.5, 0.6) is 11.5 Å². The molecule has 2 heterocycles. The highest BCUT2D eigenvalue weighted by Crippen LogP contribution is 2.32. The summed E-state index contributed by atoms with van der Waals surface area (Å²) in [5, 5.41) is 15.4. The molecule has 0 unspecified atom stereocenters. The molecule has 1 N–H and O–H groups in total. The van der Waals surface area contributed by atoms with E-state index in [4.69, 9.17) is 9.47 Å². The molecular weight excluding hydrogens is 342 g/mol. The summed E-state index contributed by atoms with van der Waals surface area (Å²) in [5.41, 5.74) is 0.771. The van der Waals surface area contributed by atoms with Crippen LogP contribution >= 0.6 is 11.8 Å². The van der Waals surface area contributed by atoms with Crippen LogP contribution in [0.3, 0.4) is 0 Å². The maximum absolute atomic E-state index is 12.1. The third-order valence-corrected chi connectivity index (χ3v) is 5.18. The van der Waals surface area contributed by atoms with E-state index in [0.717, 1.165) is 18.5 Å². The second-order valence-electron chi connectivity index (χ2n) is 6.04. The maximum atomic E-state index is 12.1. The summed E-state index contributed by atoms with van der Waals surface area (Å²) in [4.78, 5) is 12.1. The minimum Gasteiger partial charge on any atom is -0.486 e. The number of carbonyl (C=O) groups excluding carboxylic acids is 1. The number of benzene rings is 1. The van der Waals surface area contributed by atoms with Crippen molar-refractivity contribution >= 4 is 17.7 Å². The number of amides is 1. The van der Waals surface area contributed by atoms with Crippen LogP contribution in [0.15, 0.2) is 23.4 Å². The van der Waals surface area contributed by atoms with Crippen molar-refractivity contribution in [2.24, 2.45) is 0 Å². The zero-order valence-corrected chi connectivity index (χ0v) is 14.5. The zero-order valence-electron chi connectivity index (χ0n) is 13.7. The standard InChI is InChI=1S/C16H19N5O3S/c22-15(17-11-3-1-2-4-11)10-25-16-18-19-20-21(16)12-5-6-13-14(9-12)24-8-7-23-13/h5-6,9,11H,1-4,7-8,10H2,(H,17,22). The van der Waals surface area contributed by atoms with Crippen LogP contribution in [0, 0.1) is 0 Å². The minimum absolute atomic E-state index is 0.0219. The van der Waals surface area contributed by atoms with Gasteiger partial charge in [0.2, 0.25) is 11.1 Å². The second kappa shape index (κ2) is 7.30. The quantitative estimate of drug-likeness (QED) is 0.809. The van der Waals surface area contributed by atoms with Crippen molar-refractivity contribution in [3.8, 4) is 17.2 Å². The smallest absolute Gasteiger partial charge is 0.230 e. The number of ether oxygens (including phenoxy) is 2. The van der Waals surface area contributed by atoms with Crippen molar-refractivity contribution in [2.75, 3.05) is 19.0 Å². The molecule has 0 saturated heterocycles. The molecule has 2 aromatic rings. The first kappa shape index (κ1) is 16.2. The van der Waals surface area contributed by atoms with Crippen molar-refractivity contribution < 1.29 is 14.3 Å². The molecule has 0 atom stereocenters. The van der Waals surface area contributed by atoms with E-state index in [1.807, 2.05) is 18.2 Å². The summed E-state index contributed by atoms with van der Waals surface area (Å²) < 4.78 is 12.7. The molecule has 1 saturated carbocycles. The van der Waals surface area contributed by atoms with Gasteiger partial charge >= 0.3 is 0 Å². The molecule has 2 aliphatic rings. The molecule has 1 fully saturated rings. The summed E-state index contributed by atoms with van der Waals surface area (Å²) in [6, 6.07) is 5.87.